The third-order valence-electron chi connectivity index (χ3n) is 6.18. The molecular weight excluding hydrogens is 512 g/mol. The van der Waals surface area contributed by atoms with Crippen LogP contribution in [-0.2, 0) is 4.79 Å². The molecule has 0 saturated carbocycles. The van der Waals surface area contributed by atoms with Crippen molar-refractivity contribution in [3.05, 3.63) is 100 Å². The number of carbonyl (C=O) groups excluding carboxylic acids is 1. The second kappa shape index (κ2) is 12.2. The summed E-state index contributed by atoms with van der Waals surface area (Å²) in [5.41, 5.74) is 4.40. The molecule has 39 heavy (non-hydrogen) atoms. The topological polar surface area (TPSA) is 118 Å². The van der Waals surface area contributed by atoms with Crippen LogP contribution in [0.15, 0.2) is 83.9 Å². The molecule has 4 rings (SSSR count). The second-order valence-electron chi connectivity index (χ2n) is 8.70. The van der Waals surface area contributed by atoms with Crippen LogP contribution in [0.4, 0.5) is 11.4 Å². The fraction of sp³-hybridized carbons (Fsp3) is 0.167. The van der Waals surface area contributed by atoms with Gasteiger partial charge in [0.15, 0.2) is 0 Å². The van der Waals surface area contributed by atoms with Gasteiger partial charge in [0, 0.05) is 23.3 Å². The van der Waals surface area contributed by atoms with Crippen LogP contribution in [0.3, 0.4) is 0 Å². The van der Waals surface area contributed by atoms with Gasteiger partial charge in [0.2, 0.25) is 5.91 Å². The number of benzene rings is 3. The Morgan fingerprint density at radius 3 is 2.44 bits per heavy atom. The van der Waals surface area contributed by atoms with E-state index in [1.165, 1.54) is 23.9 Å². The van der Waals surface area contributed by atoms with Crippen LogP contribution in [0, 0.1) is 28.4 Å². The zero-order valence-electron chi connectivity index (χ0n) is 21.7. The molecule has 1 unspecified atom stereocenters. The molecular formula is C30H26N4O4S. The van der Waals surface area contributed by atoms with Gasteiger partial charge in [0.1, 0.15) is 16.8 Å². The van der Waals surface area contributed by atoms with Crippen molar-refractivity contribution in [2.45, 2.75) is 30.5 Å². The third-order valence-corrected chi connectivity index (χ3v) is 7.53. The number of nitro benzene ring substituents is 1. The Labute approximate surface area is 230 Å². The predicted molar refractivity (Wildman–Crippen MR) is 153 cm³/mol. The molecule has 0 bridgehead atoms. The standard InChI is InChI=1S/C30H26N4O4S/c1-4-28(29(35)32-26-16-22(34(36)37)13-10-19(26)2)39-30-25(18-31)24(20-11-14-23(38-3)15-12-20)17-27(33-30)21-8-6-5-7-9-21/h5-17,28H,4H2,1-3H3,(H,32,35). The monoisotopic (exact) mass is 538 g/mol. The molecule has 0 saturated heterocycles. The molecule has 1 amide bonds. The number of anilines is 1. The maximum absolute atomic E-state index is 13.3. The molecule has 8 nitrogen and oxygen atoms in total. The van der Waals surface area contributed by atoms with Gasteiger partial charge in [0.05, 0.1) is 34.2 Å². The maximum atomic E-state index is 13.3. The van der Waals surface area contributed by atoms with Gasteiger partial charge in [-0.2, -0.15) is 5.26 Å². The molecule has 0 aliphatic carbocycles. The van der Waals surface area contributed by atoms with Gasteiger partial charge < -0.3 is 10.1 Å². The molecule has 0 aliphatic heterocycles. The van der Waals surface area contributed by atoms with E-state index in [1.54, 1.807) is 20.1 Å². The number of aromatic nitrogens is 1. The van der Waals surface area contributed by atoms with E-state index >= 15 is 0 Å². The number of aryl methyl sites for hydroxylation is 1. The highest BCUT2D eigenvalue weighted by atomic mass is 32.2. The molecule has 0 aliphatic rings. The highest BCUT2D eigenvalue weighted by Gasteiger charge is 2.24. The number of hydrogen-bond donors (Lipinski definition) is 1. The molecule has 1 aromatic heterocycles. The van der Waals surface area contributed by atoms with Gasteiger partial charge in [-0.15, -0.1) is 0 Å². The molecule has 196 valence electrons. The summed E-state index contributed by atoms with van der Waals surface area (Å²) in [6.45, 7) is 3.64. The Balaban J connectivity index is 1.75. The zero-order chi connectivity index (χ0) is 27.9. The second-order valence-corrected chi connectivity index (χ2v) is 9.89. The van der Waals surface area contributed by atoms with Crippen molar-refractivity contribution in [1.29, 1.82) is 5.26 Å². The number of pyridine rings is 1. The largest absolute Gasteiger partial charge is 0.497 e. The van der Waals surface area contributed by atoms with Crippen molar-refractivity contribution in [1.82, 2.24) is 4.98 Å². The average molecular weight is 539 g/mol. The summed E-state index contributed by atoms with van der Waals surface area (Å²) < 4.78 is 5.29. The molecule has 1 N–H and O–H groups in total. The number of nitriles is 1. The number of rotatable bonds is 9. The van der Waals surface area contributed by atoms with E-state index < -0.39 is 10.2 Å². The molecule has 9 heteroatoms. The minimum atomic E-state index is -0.599. The van der Waals surface area contributed by atoms with Crippen molar-refractivity contribution < 1.29 is 14.5 Å². The van der Waals surface area contributed by atoms with Crippen molar-refractivity contribution in [3.8, 4) is 34.2 Å². The first-order valence-electron chi connectivity index (χ1n) is 12.2. The van der Waals surface area contributed by atoms with Crippen LogP contribution in [0.5, 0.6) is 5.75 Å². The van der Waals surface area contributed by atoms with Crippen molar-refractivity contribution >= 4 is 29.0 Å². The normalized spacial score (nSPS) is 11.3. The lowest BCUT2D eigenvalue weighted by atomic mass is 9.99. The smallest absolute Gasteiger partial charge is 0.271 e. The van der Waals surface area contributed by atoms with Gasteiger partial charge in [-0.05, 0) is 42.7 Å². The SMILES string of the molecule is CCC(Sc1nc(-c2ccccc2)cc(-c2ccc(OC)cc2)c1C#N)C(=O)Nc1cc([N+](=O)[O-])ccc1C. The first-order valence-corrected chi connectivity index (χ1v) is 13.1. The van der Waals surface area contributed by atoms with E-state index in [-0.39, 0.29) is 11.6 Å². The van der Waals surface area contributed by atoms with E-state index in [4.69, 9.17) is 9.72 Å². The zero-order valence-corrected chi connectivity index (χ0v) is 22.5. The number of ether oxygens (including phenoxy) is 1. The molecule has 1 heterocycles. The Kier molecular flexibility index (Phi) is 8.59. The molecule has 0 fully saturated rings. The molecule has 3 aromatic carbocycles. The van der Waals surface area contributed by atoms with Crippen LogP contribution in [0.2, 0.25) is 0 Å². The lowest BCUT2D eigenvalue weighted by Crippen LogP contribution is -2.25. The third kappa shape index (κ3) is 6.25. The number of nitro groups is 1. The van der Waals surface area contributed by atoms with Crippen LogP contribution in [0.25, 0.3) is 22.4 Å². The predicted octanol–water partition coefficient (Wildman–Crippen LogP) is 7.02. The first-order chi connectivity index (χ1) is 18.8. The summed E-state index contributed by atoms with van der Waals surface area (Å²) in [5.74, 6) is 0.372. The van der Waals surface area contributed by atoms with E-state index in [1.807, 2.05) is 67.6 Å². The quantitative estimate of drug-likeness (QED) is 0.138. The number of amides is 1. The summed E-state index contributed by atoms with van der Waals surface area (Å²) in [7, 11) is 1.59. The van der Waals surface area contributed by atoms with Crippen molar-refractivity contribution in [3.63, 3.8) is 0 Å². The Morgan fingerprint density at radius 1 is 1.10 bits per heavy atom. The van der Waals surface area contributed by atoms with E-state index in [0.29, 0.717) is 45.3 Å². The van der Waals surface area contributed by atoms with Gasteiger partial charge in [-0.1, -0.05) is 67.2 Å². The average Bonchev–Trinajstić information content (AvgIpc) is 2.96. The number of nitrogens with one attached hydrogen (secondary N) is 1. The number of hydrogen-bond acceptors (Lipinski definition) is 7. The minimum absolute atomic E-state index is 0.107. The summed E-state index contributed by atoms with van der Waals surface area (Å²) in [6, 6.07) is 25.6. The highest BCUT2D eigenvalue weighted by molar-refractivity contribution is 8.00. The number of thioether (sulfide) groups is 1. The van der Waals surface area contributed by atoms with Crippen LogP contribution in [-0.4, -0.2) is 28.2 Å². The van der Waals surface area contributed by atoms with Gasteiger partial charge >= 0.3 is 0 Å². The summed E-state index contributed by atoms with van der Waals surface area (Å²) in [4.78, 5) is 28.9. The fourth-order valence-corrected chi connectivity index (χ4v) is 5.03. The number of non-ortho nitro benzene ring substituents is 1. The van der Waals surface area contributed by atoms with Gasteiger partial charge in [-0.25, -0.2) is 4.98 Å². The van der Waals surface area contributed by atoms with Gasteiger partial charge in [0.25, 0.3) is 5.69 Å². The molecule has 0 spiro atoms. The lowest BCUT2D eigenvalue weighted by molar-refractivity contribution is -0.384. The van der Waals surface area contributed by atoms with E-state index in [9.17, 15) is 20.2 Å². The highest BCUT2D eigenvalue weighted by Crippen LogP contribution is 2.37. The Morgan fingerprint density at radius 2 is 1.82 bits per heavy atom. The Hall–Kier alpha value is -4.68. The summed E-state index contributed by atoms with van der Waals surface area (Å²) in [6.07, 6.45) is 0.449. The number of nitrogens with zero attached hydrogens (tertiary/aromatic N) is 3. The van der Waals surface area contributed by atoms with Crippen molar-refractivity contribution in [2.24, 2.45) is 0 Å². The maximum Gasteiger partial charge on any atom is 0.271 e. The molecule has 0 radical (unpaired) electrons. The minimum Gasteiger partial charge on any atom is -0.497 e. The number of methoxy groups -OCH3 is 1. The van der Waals surface area contributed by atoms with Gasteiger partial charge in [-0.3, -0.25) is 14.9 Å². The summed E-state index contributed by atoms with van der Waals surface area (Å²) in [5, 5.41) is 24.1. The number of carbonyl (C=O) groups is 1. The molecule has 1 atom stereocenters. The van der Waals surface area contributed by atoms with Crippen molar-refractivity contribution in [2.75, 3.05) is 12.4 Å². The first kappa shape index (κ1) is 27.4. The molecule has 4 aromatic rings. The fourth-order valence-electron chi connectivity index (χ4n) is 4.00. The van der Waals surface area contributed by atoms with E-state index in [0.717, 1.165) is 11.1 Å². The summed E-state index contributed by atoms with van der Waals surface area (Å²) >= 11 is 1.20. The van der Waals surface area contributed by atoms with Crippen LogP contribution < -0.4 is 10.1 Å². The van der Waals surface area contributed by atoms with Crippen LogP contribution in [0.1, 0.15) is 24.5 Å². The lowest BCUT2D eigenvalue weighted by Gasteiger charge is -2.18. The van der Waals surface area contributed by atoms with Crippen LogP contribution >= 0.6 is 11.8 Å². The van der Waals surface area contributed by atoms with E-state index in [2.05, 4.69) is 11.4 Å². The Bertz CT molecular complexity index is 1550.